The van der Waals surface area contributed by atoms with Crippen LogP contribution in [0.25, 0.3) is 0 Å². The first-order valence-electron chi connectivity index (χ1n) is 5.94. The molecule has 0 amide bonds. The Morgan fingerprint density at radius 3 is 2.69 bits per heavy atom. The Kier molecular flexibility index (Phi) is 4.74. The van der Waals surface area contributed by atoms with Gasteiger partial charge >= 0.3 is 0 Å². The van der Waals surface area contributed by atoms with Crippen molar-refractivity contribution in [1.29, 1.82) is 0 Å². The van der Waals surface area contributed by atoms with E-state index in [-0.39, 0.29) is 0 Å². The SMILES string of the molecule is NC1CCCCCC1Sc1ccccc1Br. The van der Waals surface area contributed by atoms with Crippen LogP contribution in [0.5, 0.6) is 0 Å². The van der Waals surface area contributed by atoms with Crippen LogP contribution >= 0.6 is 27.7 Å². The largest absolute Gasteiger partial charge is 0.327 e. The first-order valence-corrected chi connectivity index (χ1v) is 7.61. The fourth-order valence-corrected chi connectivity index (χ4v) is 3.98. The second-order valence-electron chi connectivity index (χ2n) is 4.39. The minimum absolute atomic E-state index is 0.361. The van der Waals surface area contributed by atoms with Crippen LogP contribution in [0.1, 0.15) is 32.1 Å². The summed E-state index contributed by atoms with van der Waals surface area (Å²) in [5.41, 5.74) is 6.24. The van der Waals surface area contributed by atoms with Crippen LogP contribution < -0.4 is 5.73 Å². The van der Waals surface area contributed by atoms with Crippen LogP contribution in [-0.4, -0.2) is 11.3 Å². The van der Waals surface area contributed by atoms with Gasteiger partial charge in [-0.1, -0.05) is 31.4 Å². The van der Waals surface area contributed by atoms with Gasteiger partial charge in [-0.15, -0.1) is 11.8 Å². The lowest BCUT2D eigenvalue weighted by Crippen LogP contribution is -2.31. The predicted molar refractivity (Wildman–Crippen MR) is 74.8 cm³/mol. The Morgan fingerprint density at radius 2 is 1.88 bits per heavy atom. The summed E-state index contributed by atoms with van der Waals surface area (Å²) < 4.78 is 1.19. The summed E-state index contributed by atoms with van der Waals surface area (Å²) in [5.74, 6) is 0. The molecule has 2 unspecified atom stereocenters. The highest BCUT2D eigenvalue weighted by Gasteiger charge is 2.21. The molecule has 1 saturated carbocycles. The van der Waals surface area contributed by atoms with Crippen molar-refractivity contribution in [3.63, 3.8) is 0 Å². The van der Waals surface area contributed by atoms with E-state index in [1.807, 2.05) is 11.8 Å². The number of nitrogens with two attached hydrogens (primary N) is 1. The molecule has 0 saturated heterocycles. The van der Waals surface area contributed by atoms with Gasteiger partial charge in [0, 0.05) is 20.7 Å². The highest BCUT2D eigenvalue weighted by atomic mass is 79.9. The molecule has 2 rings (SSSR count). The van der Waals surface area contributed by atoms with Crippen LogP contribution in [0.15, 0.2) is 33.6 Å². The number of hydrogen-bond donors (Lipinski definition) is 1. The fourth-order valence-electron chi connectivity index (χ4n) is 2.15. The number of rotatable bonds is 2. The topological polar surface area (TPSA) is 26.0 Å². The van der Waals surface area contributed by atoms with Gasteiger partial charge in [0.05, 0.1) is 0 Å². The summed E-state index contributed by atoms with van der Waals surface area (Å²) in [4.78, 5) is 1.32. The average molecular weight is 300 g/mol. The van der Waals surface area contributed by atoms with Gasteiger partial charge in [0.25, 0.3) is 0 Å². The van der Waals surface area contributed by atoms with Gasteiger partial charge in [-0.2, -0.15) is 0 Å². The van der Waals surface area contributed by atoms with Gasteiger partial charge in [0.2, 0.25) is 0 Å². The maximum Gasteiger partial charge on any atom is 0.0311 e. The molecule has 1 aliphatic rings. The second kappa shape index (κ2) is 6.08. The molecule has 1 fully saturated rings. The van der Waals surface area contributed by atoms with E-state index in [0.717, 1.165) is 0 Å². The first kappa shape index (κ1) is 12.5. The molecular formula is C13H18BrNS. The van der Waals surface area contributed by atoms with E-state index in [0.29, 0.717) is 11.3 Å². The lowest BCUT2D eigenvalue weighted by molar-refractivity contribution is 0.596. The zero-order valence-corrected chi connectivity index (χ0v) is 11.8. The minimum atomic E-state index is 0.361. The van der Waals surface area contributed by atoms with E-state index in [9.17, 15) is 0 Å². The molecule has 0 radical (unpaired) electrons. The predicted octanol–water partition coefficient (Wildman–Crippen LogP) is 4.20. The van der Waals surface area contributed by atoms with Crippen molar-refractivity contribution in [3.05, 3.63) is 28.7 Å². The van der Waals surface area contributed by atoms with Gasteiger partial charge < -0.3 is 5.73 Å². The molecule has 2 atom stereocenters. The molecule has 88 valence electrons. The van der Waals surface area contributed by atoms with Crippen molar-refractivity contribution in [3.8, 4) is 0 Å². The maximum absolute atomic E-state index is 6.24. The summed E-state index contributed by atoms with van der Waals surface area (Å²) in [5, 5.41) is 0.584. The Labute approximate surface area is 110 Å². The summed E-state index contributed by atoms with van der Waals surface area (Å²) in [6.07, 6.45) is 6.42. The first-order chi connectivity index (χ1) is 7.77. The van der Waals surface area contributed by atoms with E-state index in [1.165, 1.54) is 41.5 Å². The number of thioether (sulfide) groups is 1. The van der Waals surface area contributed by atoms with E-state index in [2.05, 4.69) is 40.2 Å². The summed E-state index contributed by atoms with van der Waals surface area (Å²) in [7, 11) is 0. The monoisotopic (exact) mass is 299 g/mol. The van der Waals surface area contributed by atoms with Crippen molar-refractivity contribution in [2.24, 2.45) is 5.73 Å². The average Bonchev–Trinajstić information content (AvgIpc) is 2.48. The minimum Gasteiger partial charge on any atom is -0.327 e. The molecule has 1 nitrogen and oxygen atoms in total. The number of benzene rings is 1. The highest BCUT2D eigenvalue weighted by Crippen LogP contribution is 2.35. The summed E-state index contributed by atoms with van der Waals surface area (Å²) >= 11 is 5.54. The van der Waals surface area contributed by atoms with Crippen molar-refractivity contribution in [2.45, 2.75) is 48.3 Å². The van der Waals surface area contributed by atoms with Gasteiger partial charge in [-0.05, 0) is 40.9 Å². The Morgan fingerprint density at radius 1 is 1.12 bits per heavy atom. The zero-order chi connectivity index (χ0) is 11.4. The van der Waals surface area contributed by atoms with Gasteiger partial charge in [0.1, 0.15) is 0 Å². The molecule has 0 bridgehead atoms. The Balaban J connectivity index is 2.05. The van der Waals surface area contributed by atoms with Gasteiger partial charge in [-0.3, -0.25) is 0 Å². The van der Waals surface area contributed by atoms with Crippen LogP contribution in [0, 0.1) is 0 Å². The molecule has 0 heterocycles. The molecule has 0 spiro atoms. The van der Waals surface area contributed by atoms with Crippen molar-refractivity contribution >= 4 is 27.7 Å². The number of hydrogen-bond acceptors (Lipinski definition) is 2. The maximum atomic E-state index is 6.24. The quantitative estimate of drug-likeness (QED) is 0.828. The van der Waals surface area contributed by atoms with E-state index < -0.39 is 0 Å². The van der Waals surface area contributed by atoms with Crippen LogP contribution in [0.3, 0.4) is 0 Å². The number of halogens is 1. The standard InChI is InChI=1S/C13H18BrNS/c14-10-6-4-5-8-12(10)16-13-9-3-1-2-7-11(13)15/h4-6,8,11,13H,1-3,7,9,15H2. The van der Waals surface area contributed by atoms with Gasteiger partial charge in [0.15, 0.2) is 0 Å². The van der Waals surface area contributed by atoms with E-state index in [4.69, 9.17) is 5.73 Å². The van der Waals surface area contributed by atoms with Crippen molar-refractivity contribution in [2.75, 3.05) is 0 Å². The molecule has 3 heteroatoms. The summed E-state index contributed by atoms with van der Waals surface area (Å²) in [6.45, 7) is 0. The molecule has 16 heavy (non-hydrogen) atoms. The highest BCUT2D eigenvalue weighted by molar-refractivity contribution is 9.10. The lowest BCUT2D eigenvalue weighted by atomic mass is 10.1. The van der Waals surface area contributed by atoms with E-state index >= 15 is 0 Å². The zero-order valence-electron chi connectivity index (χ0n) is 9.36. The lowest BCUT2D eigenvalue weighted by Gasteiger charge is -2.21. The third-order valence-electron chi connectivity index (χ3n) is 3.12. The summed E-state index contributed by atoms with van der Waals surface area (Å²) in [6, 6.07) is 8.78. The van der Waals surface area contributed by atoms with Crippen molar-refractivity contribution in [1.82, 2.24) is 0 Å². The van der Waals surface area contributed by atoms with Crippen LogP contribution in [0.4, 0.5) is 0 Å². The molecule has 0 aromatic heterocycles. The third kappa shape index (κ3) is 3.25. The van der Waals surface area contributed by atoms with Gasteiger partial charge in [-0.25, -0.2) is 0 Å². The second-order valence-corrected chi connectivity index (χ2v) is 6.52. The fraction of sp³-hybridized carbons (Fsp3) is 0.538. The molecule has 1 aromatic carbocycles. The molecule has 0 aliphatic heterocycles. The van der Waals surface area contributed by atoms with E-state index in [1.54, 1.807) is 0 Å². The smallest absolute Gasteiger partial charge is 0.0311 e. The molecule has 1 aromatic rings. The van der Waals surface area contributed by atoms with Crippen LogP contribution in [-0.2, 0) is 0 Å². The molecular weight excluding hydrogens is 282 g/mol. The Bertz CT molecular complexity index is 342. The Hall–Kier alpha value is 0.01000. The normalized spacial score (nSPS) is 26.4. The molecule has 1 aliphatic carbocycles. The van der Waals surface area contributed by atoms with Crippen molar-refractivity contribution < 1.29 is 0 Å². The molecule has 2 N–H and O–H groups in total. The van der Waals surface area contributed by atoms with Crippen LogP contribution in [0.2, 0.25) is 0 Å². The third-order valence-corrected chi connectivity index (χ3v) is 5.57.